The summed E-state index contributed by atoms with van der Waals surface area (Å²) in [5.74, 6) is 0.681. The second-order valence-electron chi connectivity index (χ2n) is 5.72. The molecule has 3 nitrogen and oxygen atoms in total. The van der Waals surface area contributed by atoms with E-state index in [4.69, 9.17) is 5.10 Å². The Labute approximate surface area is 122 Å². The fraction of sp³-hybridized carbons (Fsp3) is 0.588. The summed E-state index contributed by atoms with van der Waals surface area (Å²) in [6.07, 6.45) is 3.52. The third kappa shape index (κ3) is 3.21. The number of para-hydroxylation sites is 1. The summed E-state index contributed by atoms with van der Waals surface area (Å²) < 4.78 is 2.00. The average Bonchev–Trinajstić information content (AvgIpc) is 2.76. The van der Waals surface area contributed by atoms with Crippen molar-refractivity contribution >= 4 is 10.9 Å². The molecule has 2 unspecified atom stereocenters. The quantitative estimate of drug-likeness (QED) is 0.836. The molecule has 1 aromatic carbocycles. The van der Waals surface area contributed by atoms with Gasteiger partial charge in [0.05, 0.1) is 11.2 Å². The fourth-order valence-corrected chi connectivity index (χ4v) is 3.04. The van der Waals surface area contributed by atoms with Gasteiger partial charge in [-0.15, -0.1) is 0 Å². The van der Waals surface area contributed by atoms with Crippen LogP contribution < -0.4 is 5.32 Å². The Morgan fingerprint density at radius 1 is 1.25 bits per heavy atom. The molecule has 0 aliphatic carbocycles. The molecule has 0 radical (unpaired) electrons. The molecule has 1 aromatic heterocycles. The van der Waals surface area contributed by atoms with Crippen molar-refractivity contribution < 1.29 is 0 Å². The molecule has 2 rings (SSSR count). The Hall–Kier alpha value is -1.35. The molecule has 0 fully saturated rings. The van der Waals surface area contributed by atoms with Gasteiger partial charge < -0.3 is 5.32 Å². The number of likely N-dealkylation sites (N-methyl/N-ethyl adjacent to an activating group) is 1. The zero-order valence-electron chi connectivity index (χ0n) is 13.2. The maximum absolute atomic E-state index is 4.73. The van der Waals surface area contributed by atoms with E-state index in [1.54, 1.807) is 0 Å². The normalized spacial score (nSPS) is 14.6. The first-order valence-corrected chi connectivity index (χ1v) is 7.81. The highest BCUT2D eigenvalue weighted by Gasteiger charge is 2.19. The van der Waals surface area contributed by atoms with E-state index in [1.165, 1.54) is 29.4 Å². The van der Waals surface area contributed by atoms with Crippen molar-refractivity contribution in [3.05, 3.63) is 30.0 Å². The summed E-state index contributed by atoms with van der Waals surface area (Å²) in [7, 11) is 2.03. The summed E-state index contributed by atoms with van der Waals surface area (Å²) in [6.45, 7) is 7.81. The van der Waals surface area contributed by atoms with Gasteiger partial charge in [-0.25, -0.2) is 0 Å². The van der Waals surface area contributed by atoms with Crippen molar-refractivity contribution in [3.8, 4) is 0 Å². The molecule has 0 saturated heterocycles. The minimum Gasteiger partial charge on any atom is -0.314 e. The number of hydrogen-bond donors (Lipinski definition) is 1. The number of fused-ring (bicyclic) bond motifs is 1. The summed E-state index contributed by atoms with van der Waals surface area (Å²) >= 11 is 0. The standard InChI is InChI=1S/C17H27N3/c1-5-9-13(3)15(18-6-2)12-16-14-10-7-8-11-17(14)20(4)19-16/h7-8,10-11,13,15,18H,5-6,9,12H2,1-4H3. The lowest BCUT2D eigenvalue weighted by Gasteiger charge is -2.24. The van der Waals surface area contributed by atoms with Crippen LogP contribution in [0.25, 0.3) is 10.9 Å². The van der Waals surface area contributed by atoms with Crippen molar-refractivity contribution in [2.75, 3.05) is 6.54 Å². The third-order valence-corrected chi connectivity index (χ3v) is 4.14. The van der Waals surface area contributed by atoms with Gasteiger partial charge >= 0.3 is 0 Å². The molecule has 1 heterocycles. The number of benzene rings is 1. The highest BCUT2D eigenvalue weighted by molar-refractivity contribution is 5.81. The maximum atomic E-state index is 4.73. The van der Waals surface area contributed by atoms with Crippen molar-refractivity contribution in [2.24, 2.45) is 13.0 Å². The Bertz CT molecular complexity index is 544. The summed E-state index contributed by atoms with van der Waals surface area (Å²) in [6, 6.07) is 9.02. The SMILES string of the molecule is CCCC(C)C(Cc1nn(C)c2ccccc12)NCC. The Kier molecular flexibility index (Phi) is 5.18. The number of aryl methyl sites for hydroxylation is 1. The van der Waals surface area contributed by atoms with Gasteiger partial charge in [-0.3, -0.25) is 4.68 Å². The van der Waals surface area contributed by atoms with Crippen LogP contribution in [0.4, 0.5) is 0 Å². The molecule has 1 N–H and O–H groups in total. The van der Waals surface area contributed by atoms with E-state index >= 15 is 0 Å². The first-order valence-electron chi connectivity index (χ1n) is 7.81. The lowest BCUT2D eigenvalue weighted by atomic mass is 9.92. The van der Waals surface area contributed by atoms with Crippen molar-refractivity contribution in [1.82, 2.24) is 15.1 Å². The van der Waals surface area contributed by atoms with Crippen LogP contribution in [0, 0.1) is 5.92 Å². The predicted molar refractivity (Wildman–Crippen MR) is 86.0 cm³/mol. The zero-order chi connectivity index (χ0) is 14.5. The van der Waals surface area contributed by atoms with Gasteiger partial charge in [-0.05, 0) is 24.9 Å². The lowest BCUT2D eigenvalue weighted by Crippen LogP contribution is -2.37. The lowest BCUT2D eigenvalue weighted by molar-refractivity contribution is 0.355. The van der Waals surface area contributed by atoms with E-state index in [0.717, 1.165) is 13.0 Å². The molecule has 0 aliphatic heterocycles. The highest BCUT2D eigenvalue weighted by atomic mass is 15.3. The third-order valence-electron chi connectivity index (χ3n) is 4.14. The number of hydrogen-bond acceptors (Lipinski definition) is 2. The summed E-state index contributed by atoms with van der Waals surface area (Å²) in [5, 5.41) is 9.66. The molecule has 0 amide bonds. The number of aromatic nitrogens is 2. The average molecular weight is 273 g/mol. The first-order chi connectivity index (χ1) is 9.67. The Morgan fingerprint density at radius 2 is 2.00 bits per heavy atom. The minimum atomic E-state index is 0.512. The fourth-order valence-electron chi connectivity index (χ4n) is 3.04. The molecular weight excluding hydrogens is 246 g/mol. The van der Waals surface area contributed by atoms with Crippen LogP contribution in [-0.4, -0.2) is 22.4 Å². The van der Waals surface area contributed by atoms with Crippen molar-refractivity contribution in [2.45, 2.75) is 46.1 Å². The van der Waals surface area contributed by atoms with Crippen LogP contribution in [0.2, 0.25) is 0 Å². The molecule has 0 aliphatic rings. The molecule has 0 spiro atoms. The highest BCUT2D eigenvalue weighted by Crippen LogP contribution is 2.21. The van der Waals surface area contributed by atoms with Crippen LogP contribution in [0.3, 0.4) is 0 Å². The van der Waals surface area contributed by atoms with Crippen molar-refractivity contribution in [3.63, 3.8) is 0 Å². The molecule has 2 atom stereocenters. The van der Waals surface area contributed by atoms with Crippen LogP contribution >= 0.6 is 0 Å². The van der Waals surface area contributed by atoms with Gasteiger partial charge in [0.1, 0.15) is 0 Å². The number of nitrogens with zero attached hydrogens (tertiary/aromatic N) is 2. The molecule has 0 saturated carbocycles. The second kappa shape index (κ2) is 6.89. The first kappa shape index (κ1) is 15.0. The van der Waals surface area contributed by atoms with Crippen LogP contribution in [0.1, 0.15) is 39.3 Å². The maximum Gasteiger partial charge on any atom is 0.0718 e. The van der Waals surface area contributed by atoms with Crippen LogP contribution in [0.15, 0.2) is 24.3 Å². The summed E-state index contributed by atoms with van der Waals surface area (Å²) in [4.78, 5) is 0. The van der Waals surface area contributed by atoms with Gasteiger partial charge in [0.25, 0.3) is 0 Å². The van der Waals surface area contributed by atoms with Gasteiger partial charge in [0.2, 0.25) is 0 Å². The monoisotopic (exact) mass is 273 g/mol. The molecule has 110 valence electrons. The Balaban J connectivity index is 2.24. The van der Waals surface area contributed by atoms with Gasteiger partial charge in [0, 0.05) is 24.9 Å². The molecule has 3 heteroatoms. The van der Waals surface area contributed by atoms with Gasteiger partial charge in [-0.2, -0.15) is 5.10 Å². The zero-order valence-corrected chi connectivity index (χ0v) is 13.2. The smallest absolute Gasteiger partial charge is 0.0718 e. The number of rotatable bonds is 7. The van der Waals surface area contributed by atoms with Crippen LogP contribution in [0.5, 0.6) is 0 Å². The van der Waals surface area contributed by atoms with E-state index in [2.05, 4.69) is 50.4 Å². The molecule has 2 aromatic rings. The van der Waals surface area contributed by atoms with Crippen LogP contribution in [-0.2, 0) is 13.5 Å². The Morgan fingerprint density at radius 3 is 2.70 bits per heavy atom. The van der Waals surface area contributed by atoms with E-state index in [9.17, 15) is 0 Å². The van der Waals surface area contributed by atoms with E-state index < -0.39 is 0 Å². The van der Waals surface area contributed by atoms with Gasteiger partial charge in [0.15, 0.2) is 0 Å². The summed E-state index contributed by atoms with van der Waals surface area (Å²) in [5.41, 5.74) is 2.44. The molecular formula is C17H27N3. The van der Waals surface area contributed by atoms with E-state index in [-0.39, 0.29) is 0 Å². The number of nitrogens with one attached hydrogen (secondary N) is 1. The van der Waals surface area contributed by atoms with Gasteiger partial charge in [-0.1, -0.05) is 45.4 Å². The molecule has 0 bridgehead atoms. The largest absolute Gasteiger partial charge is 0.314 e. The minimum absolute atomic E-state index is 0.512. The van der Waals surface area contributed by atoms with E-state index in [1.807, 2.05) is 11.7 Å². The predicted octanol–water partition coefficient (Wildman–Crippen LogP) is 3.53. The van der Waals surface area contributed by atoms with Crippen molar-refractivity contribution in [1.29, 1.82) is 0 Å². The topological polar surface area (TPSA) is 29.9 Å². The molecule has 20 heavy (non-hydrogen) atoms. The van der Waals surface area contributed by atoms with E-state index in [0.29, 0.717) is 12.0 Å². The second-order valence-corrected chi connectivity index (χ2v) is 5.72.